The van der Waals surface area contributed by atoms with Gasteiger partial charge in [-0.2, -0.15) is 0 Å². The molecule has 7 nitrogen and oxygen atoms in total. The molecule has 0 saturated carbocycles. The Morgan fingerprint density at radius 1 is 0.969 bits per heavy atom. The number of amides is 2. The second-order valence-electron chi connectivity index (χ2n) is 7.36. The molecular weight excluding hydrogens is 404 g/mol. The van der Waals surface area contributed by atoms with Crippen molar-refractivity contribution in [2.24, 2.45) is 0 Å². The van der Waals surface area contributed by atoms with Gasteiger partial charge in [0.15, 0.2) is 0 Å². The number of nitrogens with zero attached hydrogens (tertiary/aromatic N) is 2. The molecule has 3 aromatic rings. The first kappa shape index (κ1) is 23.0. The molecule has 0 radical (unpaired) electrons. The zero-order valence-electron chi connectivity index (χ0n) is 18.5. The minimum absolute atomic E-state index is 0.00963. The van der Waals surface area contributed by atoms with Crippen molar-refractivity contribution in [1.82, 2.24) is 9.88 Å². The van der Waals surface area contributed by atoms with Crippen molar-refractivity contribution in [3.05, 3.63) is 84.1 Å². The molecule has 0 spiro atoms. The number of pyridine rings is 1. The number of benzene rings is 2. The van der Waals surface area contributed by atoms with E-state index in [4.69, 9.17) is 4.74 Å². The first-order valence-corrected chi connectivity index (χ1v) is 10.5. The molecule has 2 aromatic carbocycles. The van der Waals surface area contributed by atoms with Crippen LogP contribution >= 0.6 is 0 Å². The Morgan fingerprint density at radius 3 is 2.41 bits per heavy atom. The highest BCUT2D eigenvalue weighted by molar-refractivity contribution is 5.97. The molecule has 166 valence electrons. The van der Waals surface area contributed by atoms with Gasteiger partial charge in [0.25, 0.3) is 0 Å². The Morgan fingerprint density at radius 2 is 1.69 bits per heavy atom. The van der Waals surface area contributed by atoms with Crippen LogP contribution in [0.3, 0.4) is 0 Å². The molecular formula is C25H28N4O3. The van der Waals surface area contributed by atoms with Gasteiger partial charge in [-0.25, -0.2) is 4.98 Å². The van der Waals surface area contributed by atoms with Gasteiger partial charge in [-0.05, 0) is 50.7 Å². The highest BCUT2D eigenvalue weighted by Crippen LogP contribution is 2.27. The van der Waals surface area contributed by atoms with Gasteiger partial charge in [0.1, 0.15) is 17.6 Å². The van der Waals surface area contributed by atoms with E-state index in [1.807, 2.05) is 74.5 Å². The molecule has 2 N–H and O–H groups in total. The third kappa shape index (κ3) is 6.15. The monoisotopic (exact) mass is 432 g/mol. The number of para-hydroxylation sites is 2. The maximum atomic E-state index is 13.3. The fourth-order valence-corrected chi connectivity index (χ4v) is 3.41. The average molecular weight is 433 g/mol. The largest absolute Gasteiger partial charge is 0.492 e. The van der Waals surface area contributed by atoms with Gasteiger partial charge >= 0.3 is 0 Å². The normalized spacial score (nSPS) is 11.6. The van der Waals surface area contributed by atoms with E-state index in [1.54, 1.807) is 24.1 Å². The number of hydrogen-bond donors (Lipinski definition) is 2. The molecule has 0 fully saturated rings. The smallest absolute Gasteiger partial charge is 0.246 e. The number of carbonyl (C=O) groups excluding carboxylic acids is 2. The minimum Gasteiger partial charge on any atom is -0.492 e. The SMILES string of the molecule is CCOc1ccccc1NC(=O)C(c1ccccc1)N(C)CC(=O)Nc1cccc(C)n1. The van der Waals surface area contributed by atoms with E-state index in [0.29, 0.717) is 23.9 Å². The highest BCUT2D eigenvalue weighted by Gasteiger charge is 2.27. The number of nitrogens with one attached hydrogen (secondary N) is 2. The fraction of sp³-hybridized carbons (Fsp3) is 0.240. The number of ether oxygens (including phenoxy) is 1. The lowest BCUT2D eigenvalue weighted by Gasteiger charge is -2.27. The Hall–Kier alpha value is -3.71. The van der Waals surface area contributed by atoms with Crippen molar-refractivity contribution < 1.29 is 14.3 Å². The van der Waals surface area contributed by atoms with Crippen LogP contribution in [0.5, 0.6) is 5.75 Å². The van der Waals surface area contributed by atoms with Crippen LogP contribution in [0.15, 0.2) is 72.8 Å². The van der Waals surface area contributed by atoms with Crippen molar-refractivity contribution in [3.63, 3.8) is 0 Å². The summed E-state index contributed by atoms with van der Waals surface area (Å²) < 4.78 is 5.62. The van der Waals surface area contributed by atoms with Crippen LogP contribution in [0.1, 0.15) is 24.2 Å². The number of hydrogen-bond acceptors (Lipinski definition) is 5. The van der Waals surface area contributed by atoms with Gasteiger partial charge in [-0.15, -0.1) is 0 Å². The van der Waals surface area contributed by atoms with Crippen LogP contribution in [0, 0.1) is 6.92 Å². The van der Waals surface area contributed by atoms with Crippen molar-refractivity contribution >= 4 is 23.3 Å². The summed E-state index contributed by atoms with van der Waals surface area (Å²) in [5.41, 5.74) is 2.18. The maximum Gasteiger partial charge on any atom is 0.246 e. The molecule has 0 aliphatic carbocycles. The minimum atomic E-state index is -0.679. The molecule has 3 rings (SSSR count). The first-order chi connectivity index (χ1) is 15.5. The van der Waals surface area contributed by atoms with Crippen LogP contribution in [0.25, 0.3) is 0 Å². The maximum absolute atomic E-state index is 13.3. The molecule has 32 heavy (non-hydrogen) atoms. The van der Waals surface area contributed by atoms with Gasteiger partial charge in [0.05, 0.1) is 18.8 Å². The Bertz CT molecular complexity index is 1060. The third-order valence-electron chi connectivity index (χ3n) is 4.80. The number of likely N-dealkylation sites (N-methyl/N-ethyl adjacent to an activating group) is 1. The summed E-state index contributed by atoms with van der Waals surface area (Å²) in [4.78, 5) is 32.0. The lowest BCUT2D eigenvalue weighted by molar-refractivity contribution is -0.123. The molecule has 1 unspecified atom stereocenters. The Balaban J connectivity index is 1.78. The van der Waals surface area contributed by atoms with Crippen LogP contribution in [0.2, 0.25) is 0 Å². The van der Waals surface area contributed by atoms with E-state index in [9.17, 15) is 9.59 Å². The zero-order chi connectivity index (χ0) is 22.9. The van der Waals surface area contributed by atoms with Gasteiger partial charge in [0.2, 0.25) is 11.8 Å². The van der Waals surface area contributed by atoms with Crippen molar-refractivity contribution in [2.75, 3.05) is 30.8 Å². The second-order valence-corrected chi connectivity index (χ2v) is 7.36. The molecule has 1 heterocycles. The molecule has 0 aliphatic rings. The first-order valence-electron chi connectivity index (χ1n) is 10.5. The van der Waals surface area contributed by atoms with Gasteiger partial charge in [-0.1, -0.05) is 48.5 Å². The van der Waals surface area contributed by atoms with E-state index in [-0.39, 0.29) is 18.4 Å². The summed E-state index contributed by atoms with van der Waals surface area (Å²) in [5, 5.41) is 5.75. The van der Waals surface area contributed by atoms with E-state index in [1.165, 1.54) is 0 Å². The Kier molecular flexibility index (Phi) is 7.94. The lowest BCUT2D eigenvalue weighted by atomic mass is 10.0. The van der Waals surface area contributed by atoms with Crippen molar-refractivity contribution in [2.45, 2.75) is 19.9 Å². The van der Waals surface area contributed by atoms with Gasteiger partial charge in [0, 0.05) is 5.69 Å². The Labute approximate surface area is 188 Å². The number of carbonyl (C=O) groups is 2. The van der Waals surface area contributed by atoms with Crippen LogP contribution in [0.4, 0.5) is 11.5 Å². The molecule has 0 bridgehead atoms. The standard InChI is InChI=1S/C25H28N4O3/c1-4-32-21-15-9-8-14-20(21)27-25(31)24(19-12-6-5-7-13-19)29(3)17-23(30)28-22-16-10-11-18(2)26-22/h5-16,24H,4,17H2,1-3H3,(H,27,31)(H,26,28,30). The van der Waals surface area contributed by atoms with Crippen LogP contribution < -0.4 is 15.4 Å². The van der Waals surface area contributed by atoms with E-state index >= 15 is 0 Å². The number of anilines is 2. The summed E-state index contributed by atoms with van der Waals surface area (Å²) in [6.07, 6.45) is 0. The molecule has 2 amide bonds. The predicted octanol–water partition coefficient (Wildman–Crippen LogP) is 4.04. The van der Waals surface area contributed by atoms with Gasteiger partial charge in [-0.3, -0.25) is 14.5 Å². The fourth-order valence-electron chi connectivity index (χ4n) is 3.41. The molecule has 1 aromatic heterocycles. The summed E-state index contributed by atoms with van der Waals surface area (Å²) >= 11 is 0. The van der Waals surface area contributed by atoms with E-state index in [2.05, 4.69) is 15.6 Å². The van der Waals surface area contributed by atoms with Crippen LogP contribution in [-0.2, 0) is 9.59 Å². The van der Waals surface area contributed by atoms with Crippen molar-refractivity contribution in [1.29, 1.82) is 0 Å². The number of rotatable bonds is 9. The van der Waals surface area contributed by atoms with E-state index < -0.39 is 6.04 Å². The van der Waals surface area contributed by atoms with E-state index in [0.717, 1.165) is 11.3 Å². The summed E-state index contributed by atoms with van der Waals surface area (Å²) in [6, 6.07) is 21.4. The molecule has 0 aliphatic heterocycles. The second kappa shape index (κ2) is 11.1. The predicted molar refractivity (Wildman–Crippen MR) is 126 cm³/mol. The quantitative estimate of drug-likeness (QED) is 0.533. The summed E-state index contributed by atoms with van der Waals surface area (Å²) in [7, 11) is 1.74. The average Bonchev–Trinajstić information content (AvgIpc) is 2.76. The third-order valence-corrected chi connectivity index (χ3v) is 4.80. The number of aryl methyl sites for hydroxylation is 1. The molecule has 7 heteroatoms. The number of aromatic nitrogens is 1. The highest BCUT2D eigenvalue weighted by atomic mass is 16.5. The zero-order valence-corrected chi connectivity index (χ0v) is 18.5. The van der Waals surface area contributed by atoms with Gasteiger partial charge < -0.3 is 15.4 Å². The summed E-state index contributed by atoms with van der Waals surface area (Å²) in [5.74, 6) is 0.567. The lowest BCUT2D eigenvalue weighted by Crippen LogP contribution is -2.39. The van der Waals surface area contributed by atoms with Crippen molar-refractivity contribution in [3.8, 4) is 5.75 Å². The van der Waals surface area contributed by atoms with Crippen LogP contribution in [-0.4, -0.2) is 41.9 Å². The topological polar surface area (TPSA) is 83.6 Å². The molecule has 0 saturated heterocycles. The molecule has 1 atom stereocenters. The summed E-state index contributed by atoms with van der Waals surface area (Å²) in [6.45, 7) is 4.25.